The van der Waals surface area contributed by atoms with Gasteiger partial charge in [0.05, 0.1) is 0 Å². The van der Waals surface area contributed by atoms with Crippen LogP contribution in [0.3, 0.4) is 0 Å². The molecule has 0 radical (unpaired) electrons. The quantitative estimate of drug-likeness (QED) is 0.754. The number of ether oxygens (including phenoxy) is 1. The van der Waals surface area contributed by atoms with Crippen LogP contribution in [-0.4, -0.2) is 23.6 Å². The lowest BCUT2D eigenvalue weighted by molar-refractivity contribution is -0.139. The largest absolute Gasteiger partial charge is 0.482 e. The molecule has 1 aliphatic rings. The zero-order chi connectivity index (χ0) is 15.1. The molecule has 1 atom stereocenters. The highest BCUT2D eigenvalue weighted by Gasteiger charge is 2.13. The second-order valence-corrected chi connectivity index (χ2v) is 5.08. The summed E-state index contributed by atoms with van der Waals surface area (Å²) in [6.45, 7) is 0.0450. The molecule has 1 aliphatic carbocycles. The van der Waals surface area contributed by atoms with Crippen molar-refractivity contribution in [1.29, 1.82) is 0 Å². The van der Waals surface area contributed by atoms with Crippen LogP contribution in [0.15, 0.2) is 36.4 Å². The number of amides is 1. The number of carboxylic acids is 1. The van der Waals surface area contributed by atoms with Crippen molar-refractivity contribution in [3.05, 3.63) is 42.0 Å². The van der Waals surface area contributed by atoms with Crippen molar-refractivity contribution >= 4 is 11.9 Å². The van der Waals surface area contributed by atoms with Crippen LogP contribution in [0.4, 0.5) is 0 Å². The molecule has 0 saturated carbocycles. The Balaban J connectivity index is 1.79. The third kappa shape index (κ3) is 5.30. The summed E-state index contributed by atoms with van der Waals surface area (Å²) in [5.41, 5.74) is 0.883. The van der Waals surface area contributed by atoms with Gasteiger partial charge in [-0.05, 0) is 36.5 Å². The van der Waals surface area contributed by atoms with E-state index in [0.717, 1.165) is 18.4 Å². The first-order chi connectivity index (χ1) is 10.1. The first kappa shape index (κ1) is 15.1. The van der Waals surface area contributed by atoms with Crippen LogP contribution < -0.4 is 10.1 Å². The Morgan fingerprint density at radius 3 is 2.95 bits per heavy atom. The molecule has 21 heavy (non-hydrogen) atoms. The lowest BCUT2D eigenvalue weighted by Crippen LogP contribution is -2.24. The normalized spacial score (nSPS) is 16.7. The topological polar surface area (TPSA) is 75.6 Å². The summed E-state index contributed by atoms with van der Waals surface area (Å²) in [5, 5.41) is 11.4. The fourth-order valence-electron chi connectivity index (χ4n) is 2.27. The van der Waals surface area contributed by atoms with Crippen LogP contribution in [-0.2, 0) is 16.1 Å². The summed E-state index contributed by atoms with van der Waals surface area (Å²) in [7, 11) is 0. The lowest BCUT2D eigenvalue weighted by Gasteiger charge is -2.10. The van der Waals surface area contributed by atoms with Crippen LogP contribution >= 0.6 is 0 Å². The molecule has 0 aliphatic heterocycles. The minimum atomic E-state index is -1.02. The van der Waals surface area contributed by atoms with Crippen LogP contribution in [0.5, 0.6) is 5.75 Å². The van der Waals surface area contributed by atoms with Gasteiger partial charge in [0.2, 0.25) is 5.91 Å². The summed E-state index contributed by atoms with van der Waals surface area (Å²) >= 11 is 0. The molecule has 112 valence electrons. The zero-order valence-corrected chi connectivity index (χ0v) is 11.7. The number of carbonyl (C=O) groups excluding carboxylic acids is 1. The molecule has 0 heterocycles. The van der Waals surface area contributed by atoms with Crippen molar-refractivity contribution in [1.82, 2.24) is 5.32 Å². The molecule has 5 nitrogen and oxygen atoms in total. The van der Waals surface area contributed by atoms with E-state index < -0.39 is 5.97 Å². The van der Waals surface area contributed by atoms with E-state index in [-0.39, 0.29) is 12.5 Å². The smallest absolute Gasteiger partial charge is 0.341 e. The lowest BCUT2D eigenvalue weighted by atomic mass is 10.1. The van der Waals surface area contributed by atoms with Gasteiger partial charge in [0.1, 0.15) is 5.75 Å². The van der Waals surface area contributed by atoms with E-state index in [4.69, 9.17) is 9.84 Å². The molecule has 1 aromatic carbocycles. The molecule has 2 rings (SSSR count). The van der Waals surface area contributed by atoms with Crippen molar-refractivity contribution in [2.75, 3.05) is 6.61 Å². The summed E-state index contributed by atoms with van der Waals surface area (Å²) < 4.78 is 5.10. The fraction of sp³-hybridized carbons (Fsp3) is 0.375. The van der Waals surface area contributed by atoms with Crippen molar-refractivity contribution in [2.45, 2.75) is 25.8 Å². The minimum Gasteiger partial charge on any atom is -0.482 e. The Morgan fingerprint density at radius 2 is 2.24 bits per heavy atom. The second kappa shape index (κ2) is 7.47. The van der Waals surface area contributed by atoms with E-state index in [1.165, 1.54) is 0 Å². The molecule has 5 heteroatoms. The first-order valence-corrected chi connectivity index (χ1v) is 7.00. The number of rotatable bonds is 7. The van der Waals surface area contributed by atoms with Crippen molar-refractivity contribution in [3.63, 3.8) is 0 Å². The van der Waals surface area contributed by atoms with Gasteiger partial charge >= 0.3 is 5.97 Å². The summed E-state index contributed by atoms with van der Waals surface area (Å²) in [4.78, 5) is 22.3. The van der Waals surface area contributed by atoms with E-state index in [1.54, 1.807) is 18.2 Å². The van der Waals surface area contributed by atoms with E-state index >= 15 is 0 Å². The Morgan fingerprint density at radius 1 is 1.38 bits per heavy atom. The number of nitrogens with one attached hydrogen (secondary N) is 1. The minimum absolute atomic E-state index is 0.0309. The number of carboxylic acid groups (broad SMARTS) is 1. The maximum atomic E-state index is 11.8. The third-order valence-electron chi connectivity index (χ3n) is 3.31. The van der Waals surface area contributed by atoms with Crippen molar-refractivity contribution in [2.24, 2.45) is 5.92 Å². The van der Waals surface area contributed by atoms with Gasteiger partial charge in [-0.2, -0.15) is 0 Å². The average molecular weight is 289 g/mol. The highest BCUT2D eigenvalue weighted by atomic mass is 16.5. The molecule has 1 amide bonds. The Hall–Kier alpha value is -2.30. The predicted octanol–water partition coefficient (Wildman–Crippen LogP) is 2.12. The Bertz CT molecular complexity index is 539. The first-order valence-electron chi connectivity index (χ1n) is 7.00. The fourth-order valence-corrected chi connectivity index (χ4v) is 2.27. The van der Waals surface area contributed by atoms with Gasteiger partial charge in [-0.25, -0.2) is 4.79 Å². The molecule has 0 saturated heterocycles. The van der Waals surface area contributed by atoms with Crippen LogP contribution in [0.1, 0.15) is 24.8 Å². The van der Waals surface area contributed by atoms with Crippen LogP contribution in [0.2, 0.25) is 0 Å². The highest BCUT2D eigenvalue weighted by molar-refractivity contribution is 5.76. The van der Waals surface area contributed by atoms with Crippen molar-refractivity contribution < 1.29 is 19.4 Å². The number of hydrogen-bond acceptors (Lipinski definition) is 3. The Labute approximate surface area is 123 Å². The monoisotopic (exact) mass is 289 g/mol. The highest BCUT2D eigenvalue weighted by Crippen LogP contribution is 2.20. The maximum absolute atomic E-state index is 11.8. The number of carbonyl (C=O) groups is 2. The SMILES string of the molecule is O=C(O)COc1cccc(CNC(=O)CC2C=CCC2)c1. The summed E-state index contributed by atoms with van der Waals surface area (Å²) in [6, 6.07) is 7.07. The summed E-state index contributed by atoms with van der Waals surface area (Å²) in [5.74, 6) is -0.139. The van der Waals surface area contributed by atoms with Crippen LogP contribution in [0, 0.1) is 5.92 Å². The van der Waals surface area contributed by atoms with Gasteiger partial charge in [-0.3, -0.25) is 4.79 Å². The summed E-state index contributed by atoms with van der Waals surface area (Å²) in [6.07, 6.45) is 6.83. The number of allylic oxidation sites excluding steroid dienone is 2. The molecule has 2 N–H and O–H groups in total. The van der Waals surface area contributed by atoms with Gasteiger partial charge in [0, 0.05) is 13.0 Å². The van der Waals surface area contributed by atoms with Crippen LogP contribution in [0.25, 0.3) is 0 Å². The molecule has 0 fully saturated rings. The maximum Gasteiger partial charge on any atom is 0.341 e. The number of benzene rings is 1. The third-order valence-corrected chi connectivity index (χ3v) is 3.31. The predicted molar refractivity (Wildman–Crippen MR) is 77.9 cm³/mol. The van der Waals surface area contributed by atoms with Crippen molar-refractivity contribution in [3.8, 4) is 5.75 Å². The second-order valence-electron chi connectivity index (χ2n) is 5.08. The molecule has 1 unspecified atom stereocenters. The average Bonchev–Trinajstić information content (AvgIpc) is 2.96. The van der Waals surface area contributed by atoms with Gasteiger partial charge in [0.15, 0.2) is 6.61 Å². The standard InChI is InChI=1S/C16H19NO4/c18-15(9-12-4-1-2-5-12)17-10-13-6-3-7-14(8-13)21-11-16(19)20/h1,3-4,6-8,12H,2,5,9-11H2,(H,17,18)(H,19,20). The molecular weight excluding hydrogens is 270 g/mol. The van der Waals surface area contributed by atoms with E-state index in [0.29, 0.717) is 24.6 Å². The number of hydrogen-bond donors (Lipinski definition) is 2. The molecule has 0 spiro atoms. The molecule has 0 bridgehead atoms. The molecule has 1 aromatic rings. The Kier molecular flexibility index (Phi) is 5.37. The zero-order valence-electron chi connectivity index (χ0n) is 11.7. The van der Waals surface area contributed by atoms with Gasteiger partial charge in [-0.1, -0.05) is 24.3 Å². The van der Waals surface area contributed by atoms with E-state index in [2.05, 4.69) is 17.5 Å². The van der Waals surface area contributed by atoms with Gasteiger partial charge in [0.25, 0.3) is 0 Å². The number of aliphatic carboxylic acids is 1. The molecular formula is C16H19NO4. The van der Waals surface area contributed by atoms with E-state index in [9.17, 15) is 9.59 Å². The van der Waals surface area contributed by atoms with E-state index in [1.807, 2.05) is 6.07 Å². The van der Waals surface area contributed by atoms with Gasteiger partial charge < -0.3 is 15.2 Å². The molecule has 0 aromatic heterocycles. The van der Waals surface area contributed by atoms with Gasteiger partial charge in [-0.15, -0.1) is 0 Å².